The molecule has 2 heterocycles. The Hall–Kier alpha value is -3.41. The summed E-state index contributed by atoms with van der Waals surface area (Å²) in [5.41, 5.74) is 4.15. The van der Waals surface area contributed by atoms with Gasteiger partial charge < -0.3 is 9.88 Å². The molecule has 0 aliphatic rings. The molecule has 0 radical (unpaired) electrons. The molecule has 1 N–H and O–H groups in total. The molecule has 0 saturated carbocycles. The number of imidazole rings is 1. The monoisotopic (exact) mass is 373 g/mol. The van der Waals surface area contributed by atoms with Crippen LogP contribution >= 0.6 is 0 Å². The highest BCUT2D eigenvalue weighted by atomic mass is 16.1. The Morgan fingerprint density at radius 1 is 1.07 bits per heavy atom. The van der Waals surface area contributed by atoms with Crippen molar-refractivity contribution in [2.75, 3.05) is 6.54 Å². The predicted molar refractivity (Wildman–Crippen MR) is 109 cm³/mol. The van der Waals surface area contributed by atoms with Crippen LogP contribution in [-0.4, -0.2) is 31.8 Å². The molecule has 28 heavy (non-hydrogen) atoms. The van der Waals surface area contributed by atoms with Crippen LogP contribution in [0.4, 0.5) is 0 Å². The molecule has 2 aromatic heterocycles. The lowest BCUT2D eigenvalue weighted by molar-refractivity contribution is -0.121. The second-order valence-electron chi connectivity index (χ2n) is 6.78. The molecule has 2 aromatic carbocycles. The number of nitrogens with one attached hydrogen (secondary N) is 1. The first-order valence-corrected chi connectivity index (χ1v) is 9.48. The van der Waals surface area contributed by atoms with Gasteiger partial charge in [-0.05, 0) is 43.2 Å². The SMILES string of the molecule is Cc1nc2ccccc2n1CCNC(=O)CCc1cnn(-c2ccccc2)c1. The van der Waals surface area contributed by atoms with Crippen LogP contribution in [0.1, 0.15) is 17.8 Å². The van der Waals surface area contributed by atoms with E-state index in [0.717, 1.165) is 28.1 Å². The maximum absolute atomic E-state index is 12.2. The summed E-state index contributed by atoms with van der Waals surface area (Å²) in [6.45, 7) is 3.29. The van der Waals surface area contributed by atoms with E-state index in [-0.39, 0.29) is 5.91 Å². The number of nitrogens with zero attached hydrogens (tertiary/aromatic N) is 4. The van der Waals surface area contributed by atoms with Gasteiger partial charge >= 0.3 is 0 Å². The van der Waals surface area contributed by atoms with E-state index in [1.54, 1.807) is 0 Å². The van der Waals surface area contributed by atoms with E-state index < -0.39 is 0 Å². The summed E-state index contributed by atoms with van der Waals surface area (Å²) in [5, 5.41) is 7.38. The van der Waals surface area contributed by atoms with E-state index in [0.29, 0.717) is 25.9 Å². The molecule has 0 unspecified atom stereocenters. The van der Waals surface area contributed by atoms with Gasteiger partial charge in [-0.25, -0.2) is 9.67 Å². The summed E-state index contributed by atoms with van der Waals surface area (Å²) in [4.78, 5) is 16.8. The van der Waals surface area contributed by atoms with Gasteiger partial charge in [0.25, 0.3) is 0 Å². The Balaban J connectivity index is 1.27. The van der Waals surface area contributed by atoms with Crippen molar-refractivity contribution in [3.8, 4) is 5.69 Å². The van der Waals surface area contributed by atoms with Gasteiger partial charge in [-0.3, -0.25) is 4.79 Å². The highest BCUT2D eigenvalue weighted by Gasteiger charge is 2.08. The maximum atomic E-state index is 12.2. The first-order valence-electron chi connectivity index (χ1n) is 9.48. The predicted octanol–water partition coefficient (Wildman–Crippen LogP) is 3.28. The van der Waals surface area contributed by atoms with Crippen LogP contribution in [0, 0.1) is 6.92 Å². The molecule has 0 saturated heterocycles. The average molecular weight is 373 g/mol. The van der Waals surface area contributed by atoms with E-state index in [1.165, 1.54) is 0 Å². The highest BCUT2D eigenvalue weighted by molar-refractivity contribution is 5.77. The van der Waals surface area contributed by atoms with Crippen LogP contribution in [0.2, 0.25) is 0 Å². The van der Waals surface area contributed by atoms with Crippen LogP contribution in [-0.2, 0) is 17.8 Å². The molecule has 4 rings (SSSR count). The number of fused-ring (bicyclic) bond motifs is 1. The van der Waals surface area contributed by atoms with Gasteiger partial charge in [0.1, 0.15) is 5.82 Å². The zero-order valence-electron chi connectivity index (χ0n) is 15.9. The normalized spacial score (nSPS) is 11.0. The lowest BCUT2D eigenvalue weighted by atomic mass is 10.2. The van der Waals surface area contributed by atoms with Crippen molar-refractivity contribution < 1.29 is 4.79 Å². The molecule has 0 bridgehead atoms. The summed E-state index contributed by atoms with van der Waals surface area (Å²) in [5.74, 6) is 1.01. The minimum atomic E-state index is 0.0505. The number of rotatable bonds is 7. The number of benzene rings is 2. The van der Waals surface area contributed by atoms with Gasteiger partial charge in [0.05, 0.1) is 22.9 Å². The Morgan fingerprint density at radius 2 is 1.86 bits per heavy atom. The molecule has 0 spiro atoms. The van der Waals surface area contributed by atoms with Crippen LogP contribution in [0.5, 0.6) is 0 Å². The number of aryl methyl sites for hydroxylation is 2. The van der Waals surface area contributed by atoms with Crippen molar-refractivity contribution in [1.29, 1.82) is 0 Å². The van der Waals surface area contributed by atoms with E-state index >= 15 is 0 Å². The van der Waals surface area contributed by atoms with Gasteiger partial charge in [-0.2, -0.15) is 5.10 Å². The minimum Gasteiger partial charge on any atom is -0.354 e. The number of para-hydroxylation sites is 3. The third kappa shape index (κ3) is 3.96. The molecule has 1 amide bonds. The molecule has 0 fully saturated rings. The molecule has 6 heteroatoms. The Kier molecular flexibility index (Phi) is 5.19. The van der Waals surface area contributed by atoms with E-state index in [2.05, 4.69) is 26.0 Å². The summed E-state index contributed by atoms with van der Waals surface area (Å²) in [6.07, 6.45) is 4.92. The number of amides is 1. The Morgan fingerprint density at radius 3 is 2.71 bits per heavy atom. The molecule has 142 valence electrons. The standard InChI is InChI=1S/C22H23N5O/c1-17-25-20-9-5-6-10-21(20)26(17)14-13-23-22(28)12-11-18-15-24-27(16-18)19-7-3-2-4-8-19/h2-10,15-16H,11-14H2,1H3,(H,23,28). The molecule has 0 aliphatic heterocycles. The fourth-order valence-electron chi connectivity index (χ4n) is 3.34. The molecule has 0 aliphatic carbocycles. The van der Waals surface area contributed by atoms with Gasteiger partial charge in [-0.15, -0.1) is 0 Å². The quantitative estimate of drug-likeness (QED) is 0.541. The Labute approximate surface area is 163 Å². The van der Waals surface area contributed by atoms with Crippen LogP contribution < -0.4 is 5.32 Å². The third-order valence-electron chi connectivity index (χ3n) is 4.80. The lowest BCUT2D eigenvalue weighted by Gasteiger charge is -2.08. The second-order valence-corrected chi connectivity index (χ2v) is 6.78. The van der Waals surface area contributed by atoms with E-state index in [4.69, 9.17) is 0 Å². The first-order chi connectivity index (χ1) is 13.7. The smallest absolute Gasteiger partial charge is 0.220 e. The topological polar surface area (TPSA) is 64.7 Å². The number of aromatic nitrogens is 4. The Bertz CT molecular complexity index is 1080. The third-order valence-corrected chi connectivity index (χ3v) is 4.80. The zero-order valence-corrected chi connectivity index (χ0v) is 15.9. The van der Waals surface area contributed by atoms with E-state index in [9.17, 15) is 4.79 Å². The summed E-state index contributed by atoms with van der Waals surface area (Å²) < 4.78 is 3.97. The highest BCUT2D eigenvalue weighted by Crippen LogP contribution is 2.15. The van der Waals surface area contributed by atoms with E-state index in [1.807, 2.05) is 72.5 Å². The molecule has 6 nitrogen and oxygen atoms in total. The number of carbonyl (C=O) groups is 1. The van der Waals surface area contributed by atoms with Crippen molar-refractivity contribution in [2.24, 2.45) is 0 Å². The lowest BCUT2D eigenvalue weighted by Crippen LogP contribution is -2.27. The van der Waals surface area contributed by atoms with Crippen LogP contribution in [0.25, 0.3) is 16.7 Å². The summed E-state index contributed by atoms with van der Waals surface area (Å²) in [6, 6.07) is 18.0. The fraction of sp³-hybridized carbons (Fsp3) is 0.227. The van der Waals surface area contributed by atoms with Crippen molar-refractivity contribution in [1.82, 2.24) is 24.6 Å². The van der Waals surface area contributed by atoms with Crippen molar-refractivity contribution in [3.05, 3.63) is 78.4 Å². The van der Waals surface area contributed by atoms with Crippen molar-refractivity contribution in [3.63, 3.8) is 0 Å². The molecule has 4 aromatic rings. The number of hydrogen-bond acceptors (Lipinski definition) is 3. The van der Waals surface area contributed by atoms with Crippen molar-refractivity contribution >= 4 is 16.9 Å². The summed E-state index contributed by atoms with van der Waals surface area (Å²) >= 11 is 0. The van der Waals surface area contributed by atoms with Crippen LogP contribution in [0.3, 0.4) is 0 Å². The number of hydrogen-bond donors (Lipinski definition) is 1. The fourth-order valence-corrected chi connectivity index (χ4v) is 3.34. The van der Waals surface area contributed by atoms with Crippen LogP contribution in [0.15, 0.2) is 67.0 Å². The first kappa shape index (κ1) is 18.0. The molecular formula is C22H23N5O. The molecular weight excluding hydrogens is 350 g/mol. The van der Waals surface area contributed by atoms with Gasteiger partial charge in [0.2, 0.25) is 5.91 Å². The van der Waals surface area contributed by atoms with Gasteiger partial charge in [0.15, 0.2) is 0 Å². The second kappa shape index (κ2) is 8.08. The average Bonchev–Trinajstić information content (AvgIpc) is 3.32. The number of carbonyl (C=O) groups excluding carboxylic acids is 1. The van der Waals surface area contributed by atoms with Gasteiger partial charge in [0, 0.05) is 25.7 Å². The van der Waals surface area contributed by atoms with Crippen molar-refractivity contribution in [2.45, 2.75) is 26.3 Å². The summed E-state index contributed by atoms with van der Waals surface area (Å²) in [7, 11) is 0. The zero-order chi connectivity index (χ0) is 19.3. The largest absolute Gasteiger partial charge is 0.354 e. The van der Waals surface area contributed by atoms with Gasteiger partial charge in [-0.1, -0.05) is 30.3 Å². The molecule has 0 atom stereocenters. The minimum absolute atomic E-state index is 0.0505. The maximum Gasteiger partial charge on any atom is 0.220 e.